The minimum absolute atomic E-state index is 0.0749. The van der Waals surface area contributed by atoms with Crippen LogP contribution in [0.15, 0.2) is 46.2 Å². The number of nitrogens with one attached hydrogen (secondary N) is 1. The van der Waals surface area contributed by atoms with E-state index in [4.69, 9.17) is 0 Å². The number of halogens is 2. The van der Waals surface area contributed by atoms with Crippen molar-refractivity contribution in [1.82, 2.24) is 0 Å². The summed E-state index contributed by atoms with van der Waals surface area (Å²) < 4.78 is 26.1. The fourth-order valence-electron chi connectivity index (χ4n) is 1.79. The zero-order valence-electron chi connectivity index (χ0n) is 11.1. The van der Waals surface area contributed by atoms with Crippen LogP contribution in [0.2, 0.25) is 0 Å². The van der Waals surface area contributed by atoms with Gasteiger partial charge in [-0.2, -0.15) is 0 Å². The summed E-state index contributed by atoms with van der Waals surface area (Å²) >= 11 is 1.02. The predicted octanol–water partition coefficient (Wildman–Crippen LogP) is 4.46. The molecule has 0 saturated carbocycles. The largest absolute Gasteiger partial charge is 0.380 e. The second-order valence-electron chi connectivity index (χ2n) is 4.12. The first-order valence-electron chi connectivity index (χ1n) is 6.17. The Bertz CT molecular complexity index is 680. The number of nitro groups is 1. The van der Waals surface area contributed by atoms with E-state index in [1.54, 1.807) is 18.2 Å². The molecule has 0 atom stereocenters. The number of nitrogens with zero attached hydrogens (tertiary/aromatic N) is 1. The smallest absolute Gasteiger partial charge is 0.306 e. The maximum absolute atomic E-state index is 13.2. The normalized spacial score (nSPS) is 10.4. The van der Waals surface area contributed by atoms with Crippen molar-refractivity contribution < 1.29 is 13.7 Å². The lowest BCUT2D eigenvalue weighted by Gasteiger charge is -2.08. The summed E-state index contributed by atoms with van der Waals surface area (Å²) in [6, 6.07) is 8.25. The van der Waals surface area contributed by atoms with E-state index in [1.165, 1.54) is 6.07 Å². The highest BCUT2D eigenvalue weighted by Crippen LogP contribution is 2.39. The van der Waals surface area contributed by atoms with Crippen LogP contribution in [0, 0.1) is 21.7 Å². The minimum atomic E-state index is -0.981. The van der Waals surface area contributed by atoms with E-state index in [9.17, 15) is 18.9 Å². The summed E-state index contributed by atoms with van der Waals surface area (Å²) in [6.07, 6.45) is 0. The van der Waals surface area contributed by atoms with Crippen LogP contribution in [0.5, 0.6) is 0 Å². The Morgan fingerprint density at radius 2 is 2.00 bits per heavy atom. The molecule has 2 aromatic carbocycles. The molecule has 0 unspecified atom stereocenters. The summed E-state index contributed by atoms with van der Waals surface area (Å²) in [7, 11) is 0. The number of hydrogen-bond donors (Lipinski definition) is 1. The Morgan fingerprint density at radius 1 is 1.24 bits per heavy atom. The third-order valence-electron chi connectivity index (χ3n) is 2.67. The van der Waals surface area contributed by atoms with Gasteiger partial charge in [0.2, 0.25) is 0 Å². The molecule has 0 fully saturated rings. The molecule has 21 heavy (non-hydrogen) atoms. The third-order valence-corrected chi connectivity index (χ3v) is 3.71. The lowest BCUT2D eigenvalue weighted by Crippen LogP contribution is -2.02. The van der Waals surface area contributed by atoms with E-state index in [0.717, 1.165) is 23.9 Å². The van der Waals surface area contributed by atoms with Crippen molar-refractivity contribution in [2.45, 2.75) is 16.7 Å². The molecule has 2 aromatic rings. The van der Waals surface area contributed by atoms with Crippen molar-refractivity contribution >= 4 is 23.1 Å². The van der Waals surface area contributed by atoms with Crippen molar-refractivity contribution in [3.63, 3.8) is 0 Å². The van der Waals surface area contributed by atoms with Crippen LogP contribution in [0.25, 0.3) is 0 Å². The molecule has 4 nitrogen and oxygen atoms in total. The highest BCUT2D eigenvalue weighted by molar-refractivity contribution is 7.99. The van der Waals surface area contributed by atoms with E-state index < -0.39 is 16.6 Å². The molecular formula is C14H12F2N2O2S. The lowest BCUT2D eigenvalue weighted by atomic mass is 10.2. The Morgan fingerprint density at radius 3 is 2.62 bits per heavy atom. The van der Waals surface area contributed by atoms with Crippen LogP contribution >= 0.6 is 11.8 Å². The van der Waals surface area contributed by atoms with Crippen molar-refractivity contribution in [3.8, 4) is 0 Å². The SMILES string of the molecule is CCNc1cccc(Sc2ccc(F)c(F)c2)c1[N+](=O)[O-]. The summed E-state index contributed by atoms with van der Waals surface area (Å²) in [5.74, 6) is -1.93. The molecule has 0 aliphatic carbocycles. The maximum Gasteiger partial charge on any atom is 0.306 e. The number of anilines is 1. The molecule has 0 aliphatic rings. The molecule has 110 valence electrons. The molecule has 0 aromatic heterocycles. The molecule has 0 aliphatic heterocycles. The average molecular weight is 310 g/mol. The van der Waals surface area contributed by atoms with Crippen molar-refractivity contribution in [3.05, 3.63) is 58.1 Å². The molecule has 2 rings (SSSR count). The molecule has 0 amide bonds. The van der Waals surface area contributed by atoms with Gasteiger partial charge in [0, 0.05) is 11.4 Å². The summed E-state index contributed by atoms with van der Waals surface area (Å²) in [4.78, 5) is 11.5. The first-order valence-corrected chi connectivity index (χ1v) is 6.98. The predicted molar refractivity (Wildman–Crippen MR) is 77.7 cm³/mol. The van der Waals surface area contributed by atoms with Crippen molar-refractivity contribution in [2.24, 2.45) is 0 Å². The van der Waals surface area contributed by atoms with Gasteiger partial charge in [-0.05, 0) is 37.3 Å². The van der Waals surface area contributed by atoms with E-state index >= 15 is 0 Å². The Balaban J connectivity index is 2.41. The van der Waals surface area contributed by atoms with Crippen LogP contribution in [-0.2, 0) is 0 Å². The Labute approximate surface area is 124 Å². The topological polar surface area (TPSA) is 55.2 Å². The van der Waals surface area contributed by atoms with Crippen molar-refractivity contribution in [1.29, 1.82) is 0 Å². The zero-order chi connectivity index (χ0) is 15.4. The van der Waals surface area contributed by atoms with Crippen LogP contribution in [0.1, 0.15) is 6.92 Å². The van der Waals surface area contributed by atoms with E-state index in [2.05, 4.69) is 5.32 Å². The second-order valence-corrected chi connectivity index (χ2v) is 5.23. The average Bonchev–Trinajstić information content (AvgIpc) is 2.43. The highest BCUT2D eigenvalue weighted by Gasteiger charge is 2.20. The molecule has 0 heterocycles. The monoisotopic (exact) mass is 310 g/mol. The van der Waals surface area contributed by atoms with Gasteiger partial charge in [0.15, 0.2) is 11.6 Å². The van der Waals surface area contributed by atoms with Gasteiger partial charge >= 0.3 is 5.69 Å². The number of para-hydroxylation sites is 1. The highest BCUT2D eigenvalue weighted by atomic mass is 32.2. The summed E-state index contributed by atoms with van der Waals surface area (Å²) in [5.41, 5.74) is 0.323. The number of benzene rings is 2. The van der Waals surface area contributed by atoms with Crippen LogP contribution < -0.4 is 5.32 Å². The maximum atomic E-state index is 13.2. The van der Waals surface area contributed by atoms with E-state index in [0.29, 0.717) is 22.0 Å². The first-order chi connectivity index (χ1) is 10.0. The van der Waals surface area contributed by atoms with E-state index in [1.807, 2.05) is 6.92 Å². The first kappa shape index (κ1) is 15.2. The van der Waals surface area contributed by atoms with Crippen LogP contribution in [0.4, 0.5) is 20.2 Å². The zero-order valence-corrected chi connectivity index (χ0v) is 11.9. The molecule has 1 N–H and O–H groups in total. The Kier molecular flexibility index (Phi) is 4.74. The molecule has 0 spiro atoms. The number of hydrogen-bond acceptors (Lipinski definition) is 4. The van der Waals surface area contributed by atoms with E-state index in [-0.39, 0.29) is 5.69 Å². The second kappa shape index (κ2) is 6.53. The van der Waals surface area contributed by atoms with Gasteiger partial charge in [-0.3, -0.25) is 10.1 Å². The lowest BCUT2D eigenvalue weighted by molar-refractivity contribution is -0.386. The molecule has 0 radical (unpaired) electrons. The van der Waals surface area contributed by atoms with Crippen LogP contribution in [-0.4, -0.2) is 11.5 Å². The van der Waals surface area contributed by atoms with Gasteiger partial charge in [-0.15, -0.1) is 0 Å². The fourth-order valence-corrected chi connectivity index (χ4v) is 2.77. The molecule has 0 bridgehead atoms. The quantitative estimate of drug-likeness (QED) is 0.654. The summed E-state index contributed by atoms with van der Waals surface area (Å²) in [5, 5.41) is 14.2. The fraction of sp³-hybridized carbons (Fsp3) is 0.143. The van der Waals surface area contributed by atoms with Crippen molar-refractivity contribution in [2.75, 3.05) is 11.9 Å². The van der Waals surface area contributed by atoms with Gasteiger partial charge < -0.3 is 5.32 Å². The minimum Gasteiger partial charge on any atom is -0.380 e. The van der Waals surface area contributed by atoms with Gasteiger partial charge in [0.05, 0.1) is 9.82 Å². The summed E-state index contributed by atoms with van der Waals surface area (Å²) in [6.45, 7) is 2.37. The molecule has 7 heteroatoms. The van der Waals surface area contributed by atoms with Crippen LogP contribution in [0.3, 0.4) is 0 Å². The standard InChI is InChI=1S/C14H12F2N2O2S/c1-2-17-12-4-3-5-13(14(12)18(19)20)21-9-6-7-10(15)11(16)8-9/h3-8,17H,2H2,1H3. The third kappa shape index (κ3) is 3.49. The van der Waals surface area contributed by atoms with Gasteiger partial charge in [-0.25, -0.2) is 8.78 Å². The van der Waals surface area contributed by atoms with Gasteiger partial charge in [0.1, 0.15) is 5.69 Å². The Hall–Kier alpha value is -2.15. The van der Waals surface area contributed by atoms with Gasteiger partial charge in [0.25, 0.3) is 0 Å². The molecule has 0 saturated heterocycles. The number of nitro benzene ring substituents is 1. The molecular weight excluding hydrogens is 298 g/mol. The number of rotatable bonds is 5. The van der Waals surface area contributed by atoms with Gasteiger partial charge in [-0.1, -0.05) is 17.8 Å².